The Hall–Kier alpha value is -3.23. The van der Waals surface area contributed by atoms with Gasteiger partial charge in [-0.1, -0.05) is 51.1 Å². The van der Waals surface area contributed by atoms with Crippen molar-refractivity contribution in [1.29, 1.82) is 0 Å². The number of aliphatic hydroxyl groups is 1. The minimum atomic E-state index is -0.621. The highest BCUT2D eigenvalue weighted by atomic mass is 16.3. The van der Waals surface area contributed by atoms with Crippen LogP contribution in [0, 0.1) is 23.2 Å². The minimum Gasteiger partial charge on any atom is -0.394 e. The highest BCUT2D eigenvalue weighted by Crippen LogP contribution is 2.61. The van der Waals surface area contributed by atoms with Gasteiger partial charge in [-0.15, -0.1) is 0 Å². The molecule has 0 aromatic heterocycles. The molecule has 3 saturated carbocycles. The fourth-order valence-corrected chi connectivity index (χ4v) is 7.69. The number of nitrogens with one attached hydrogen (secondary N) is 2. The number of benzene rings is 2. The summed E-state index contributed by atoms with van der Waals surface area (Å²) < 4.78 is 0. The van der Waals surface area contributed by atoms with Crippen LogP contribution in [0.3, 0.4) is 0 Å². The zero-order chi connectivity index (χ0) is 28.9. The summed E-state index contributed by atoms with van der Waals surface area (Å²) >= 11 is 0. The van der Waals surface area contributed by atoms with Crippen molar-refractivity contribution in [2.75, 3.05) is 31.6 Å². The molecule has 2 amide bonds. The van der Waals surface area contributed by atoms with Crippen LogP contribution in [0.25, 0.3) is 0 Å². The number of anilines is 1. The number of imide groups is 1. The molecule has 1 saturated heterocycles. The third-order valence-electron chi connectivity index (χ3n) is 10.3. The Morgan fingerprint density at radius 2 is 1.85 bits per heavy atom. The molecule has 8 heteroatoms. The van der Waals surface area contributed by atoms with Crippen LogP contribution in [-0.4, -0.2) is 77.0 Å². The van der Waals surface area contributed by atoms with Gasteiger partial charge in [0, 0.05) is 31.4 Å². The molecule has 8 nitrogen and oxygen atoms in total. The van der Waals surface area contributed by atoms with Crippen molar-refractivity contribution < 1.29 is 14.7 Å². The van der Waals surface area contributed by atoms with Crippen molar-refractivity contribution >= 4 is 23.5 Å². The standard InChI is InChI=1S/C33H43N5O3/c1-20-18-37(13-12-34-20)32(36-29-16-23-15-28(21(29)2)33(23,3)4)35-24-10-11-26-27(17-24)31(41)38(30(26)40)25(19-39)14-22-8-6-5-7-9-22/h5-11,17,20-21,23,25,28-29,34,39H,12-16,18-19H2,1-4H3,(H,35,36)/t20-,21-,23+,25+,28-,29-/m0/s1. The zero-order valence-electron chi connectivity index (χ0n) is 24.6. The number of rotatable bonds is 6. The van der Waals surface area contributed by atoms with Gasteiger partial charge >= 0.3 is 0 Å². The van der Waals surface area contributed by atoms with Gasteiger partial charge in [0.05, 0.1) is 29.8 Å². The quantitative estimate of drug-likeness (QED) is 0.282. The molecular formula is C33H43N5O3. The van der Waals surface area contributed by atoms with Crippen molar-refractivity contribution in [2.24, 2.45) is 28.2 Å². The van der Waals surface area contributed by atoms with Crippen LogP contribution in [0.2, 0.25) is 0 Å². The van der Waals surface area contributed by atoms with Crippen molar-refractivity contribution in [1.82, 2.24) is 15.1 Å². The smallest absolute Gasteiger partial charge is 0.261 e. The number of aliphatic hydroxyl groups excluding tert-OH is 1. The Morgan fingerprint density at radius 3 is 2.54 bits per heavy atom. The summed E-state index contributed by atoms with van der Waals surface area (Å²) in [6.45, 7) is 11.7. The van der Waals surface area contributed by atoms with Crippen LogP contribution >= 0.6 is 0 Å². The Bertz CT molecular complexity index is 1340. The maximum absolute atomic E-state index is 13.6. The van der Waals surface area contributed by atoms with Gasteiger partial charge in [-0.25, -0.2) is 4.99 Å². The summed E-state index contributed by atoms with van der Waals surface area (Å²) in [5.74, 6) is 2.06. The SMILES string of the molecule is C[C@@H]1[C@@H](/N=C(/Nc2ccc3c(c2)C(=O)N([C@@H](CO)Cc2ccccc2)C3=O)N2CCN[C@@H](C)C2)C[C@H]2C[C@@H]1C2(C)C. The fourth-order valence-electron chi connectivity index (χ4n) is 7.69. The Morgan fingerprint density at radius 1 is 1.10 bits per heavy atom. The first-order valence-corrected chi connectivity index (χ1v) is 15.2. The van der Waals surface area contributed by atoms with Gasteiger partial charge in [-0.05, 0) is 73.1 Å². The van der Waals surface area contributed by atoms with Crippen LogP contribution in [-0.2, 0) is 6.42 Å². The molecule has 0 radical (unpaired) electrons. The number of piperazine rings is 1. The summed E-state index contributed by atoms with van der Waals surface area (Å²) in [5.41, 5.74) is 2.86. The van der Waals surface area contributed by atoms with Gasteiger partial charge in [0.25, 0.3) is 11.8 Å². The van der Waals surface area contributed by atoms with Gasteiger partial charge in [0.15, 0.2) is 5.96 Å². The second kappa shape index (κ2) is 10.9. The monoisotopic (exact) mass is 557 g/mol. The maximum atomic E-state index is 13.6. The molecular weight excluding hydrogens is 514 g/mol. The lowest BCUT2D eigenvalue weighted by molar-refractivity contribution is -0.108. The van der Waals surface area contributed by atoms with Crippen LogP contribution in [0.1, 0.15) is 66.8 Å². The van der Waals surface area contributed by atoms with E-state index in [1.165, 1.54) is 11.3 Å². The predicted molar refractivity (Wildman–Crippen MR) is 161 cm³/mol. The van der Waals surface area contributed by atoms with E-state index in [9.17, 15) is 14.7 Å². The molecule has 2 aromatic rings. The first kappa shape index (κ1) is 27.9. The third kappa shape index (κ3) is 5.06. The van der Waals surface area contributed by atoms with E-state index in [0.29, 0.717) is 46.8 Å². The first-order chi connectivity index (χ1) is 19.7. The lowest BCUT2D eigenvalue weighted by Crippen LogP contribution is -2.57. The molecule has 2 aliphatic heterocycles. The van der Waals surface area contributed by atoms with Gasteiger partial charge in [0.1, 0.15) is 0 Å². The van der Waals surface area contributed by atoms with E-state index in [-0.39, 0.29) is 24.5 Å². The second-order valence-corrected chi connectivity index (χ2v) is 13.2. The molecule has 4 fully saturated rings. The Labute approximate surface area is 243 Å². The summed E-state index contributed by atoms with van der Waals surface area (Å²) in [4.78, 5) is 35.8. The number of aliphatic imine (C=N–C) groups is 1. The largest absolute Gasteiger partial charge is 0.394 e. The number of guanidine groups is 1. The number of nitrogens with zero attached hydrogens (tertiary/aromatic N) is 3. The van der Waals surface area contributed by atoms with Crippen LogP contribution in [0.4, 0.5) is 5.69 Å². The van der Waals surface area contributed by atoms with Crippen molar-refractivity contribution in [3.63, 3.8) is 0 Å². The van der Waals surface area contributed by atoms with E-state index >= 15 is 0 Å². The summed E-state index contributed by atoms with van der Waals surface area (Å²) in [6, 6.07) is 15.0. The summed E-state index contributed by atoms with van der Waals surface area (Å²) in [6.07, 6.45) is 2.82. The van der Waals surface area contributed by atoms with Gasteiger partial charge in [-0.3, -0.25) is 14.5 Å². The Kier molecular flexibility index (Phi) is 7.41. The number of fused-ring (bicyclic) bond motifs is 3. The summed E-state index contributed by atoms with van der Waals surface area (Å²) in [7, 11) is 0. The first-order valence-electron chi connectivity index (χ1n) is 15.2. The number of hydrogen-bond acceptors (Lipinski definition) is 5. The molecule has 2 bridgehead atoms. The number of carbonyl (C=O) groups is 2. The average Bonchev–Trinajstić information content (AvgIpc) is 3.21. The fraction of sp³-hybridized carbons (Fsp3) is 0.545. The average molecular weight is 558 g/mol. The molecule has 7 rings (SSSR count). The van der Waals surface area contributed by atoms with Crippen molar-refractivity contribution in [2.45, 2.75) is 65.1 Å². The van der Waals surface area contributed by atoms with Gasteiger partial charge in [0.2, 0.25) is 0 Å². The topological polar surface area (TPSA) is 97.3 Å². The molecule has 0 spiro atoms. The van der Waals surface area contributed by atoms with E-state index in [2.05, 4.69) is 43.2 Å². The third-order valence-corrected chi connectivity index (χ3v) is 10.3. The minimum absolute atomic E-state index is 0.260. The van der Waals surface area contributed by atoms with Crippen LogP contribution in [0.5, 0.6) is 0 Å². The summed E-state index contributed by atoms with van der Waals surface area (Å²) in [5, 5.41) is 17.2. The number of hydrogen-bond donors (Lipinski definition) is 3. The van der Waals surface area contributed by atoms with Crippen molar-refractivity contribution in [3.05, 3.63) is 65.2 Å². The maximum Gasteiger partial charge on any atom is 0.261 e. The van der Waals surface area contributed by atoms with Gasteiger partial charge in [-0.2, -0.15) is 0 Å². The molecule has 5 aliphatic rings. The van der Waals surface area contributed by atoms with E-state index in [1.54, 1.807) is 12.1 Å². The number of amides is 2. The highest BCUT2D eigenvalue weighted by Gasteiger charge is 2.56. The van der Waals surface area contributed by atoms with E-state index in [1.807, 2.05) is 36.4 Å². The molecule has 2 aromatic carbocycles. The van der Waals surface area contributed by atoms with E-state index in [4.69, 9.17) is 4.99 Å². The number of carbonyl (C=O) groups excluding carboxylic acids is 2. The lowest BCUT2D eigenvalue weighted by atomic mass is 9.45. The van der Waals surface area contributed by atoms with Crippen LogP contribution in [0.15, 0.2) is 53.5 Å². The lowest BCUT2D eigenvalue weighted by Gasteiger charge is -2.61. The second-order valence-electron chi connectivity index (χ2n) is 13.2. The van der Waals surface area contributed by atoms with E-state index < -0.39 is 6.04 Å². The molecule has 41 heavy (non-hydrogen) atoms. The van der Waals surface area contributed by atoms with Gasteiger partial charge < -0.3 is 20.6 Å². The molecule has 218 valence electrons. The van der Waals surface area contributed by atoms with Crippen LogP contribution < -0.4 is 10.6 Å². The molecule has 0 unspecified atom stereocenters. The molecule has 2 heterocycles. The van der Waals surface area contributed by atoms with Crippen molar-refractivity contribution in [3.8, 4) is 0 Å². The molecule has 6 atom stereocenters. The molecule has 3 N–H and O–H groups in total. The highest BCUT2D eigenvalue weighted by molar-refractivity contribution is 6.22. The predicted octanol–water partition coefficient (Wildman–Crippen LogP) is 4.02. The normalized spacial score (nSPS) is 29.7. The Balaban J connectivity index is 1.25. The zero-order valence-corrected chi connectivity index (χ0v) is 24.6. The van der Waals surface area contributed by atoms with E-state index in [0.717, 1.165) is 43.3 Å². The molecule has 3 aliphatic carbocycles.